The van der Waals surface area contributed by atoms with Crippen LogP contribution >= 0.6 is 0 Å². The summed E-state index contributed by atoms with van der Waals surface area (Å²) < 4.78 is 2.40. The van der Waals surface area contributed by atoms with Gasteiger partial charge < -0.3 is 9.47 Å². The molecule has 0 atom stereocenters. The Morgan fingerprint density at radius 2 is 1.16 bits per heavy atom. The van der Waals surface area contributed by atoms with Crippen molar-refractivity contribution < 1.29 is 0 Å². The Balaban J connectivity index is 1.12. The maximum absolute atomic E-state index is 7.47. The fourth-order valence-corrected chi connectivity index (χ4v) is 7.84. The summed E-state index contributed by atoms with van der Waals surface area (Å²) in [4.78, 5) is 5.93. The lowest BCUT2D eigenvalue weighted by Crippen LogP contribution is -2.10. The second-order valence-electron chi connectivity index (χ2n) is 12.9. The van der Waals surface area contributed by atoms with Gasteiger partial charge in [0.2, 0.25) is 0 Å². The van der Waals surface area contributed by atoms with Gasteiger partial charge in [-0.1, -0.05) is 115 Å². The van der Waals surface area contributed by atoms with Gasteiger partial charge in [-0.2, -0.15) is 0 Å². The average Bonchev–Trinajstić information content (AvgIpc) is 3.53. The summed E-state index contributed by atoms with van der Waals surface area (Å²) in [6, 6.07) is 62.8. The second kappa shape index (κ2) is 11.1. The van der Waals surface area contributed by atoms with Crippen LogP contribution in [0.4, 0.5) is 22.7 Å². The number of benzene rings is 9. The average molecular weight is 636 g/mol. The lowest BCUT2D eigenvalue weighted by molar-refractivity contribution is 1.18. The van der Waals surface area contributed by atoms with E-state index in [-0.39, 0.29) is 0 Å². The molecule has 50 heavy (non-hydrogen) atoms. The molecule has 0 amide bonds. The normalized spacial score (nSPS) is 11.6. The highest BCUT2D eigenvalue weighted by molar-refractivity contribution is 6.26. The van der Waals surface area contributed by atoms with E-state index in [4.69, 9.17) is 6.57 Å². The van der Waals surface area contributed by atoms with Crippen LogP contribution in [0.25, 0.3) is 75.8 Å². The lowest BCUT2D eigenvalue weighted by Gasteiger charge is -2.27. The molecule has 0 aliphatic rings. The van der Waals surface area contributed by atoms with Crippen LogP contribution < -0.4 is 4.90 Å². The van der Waals surface area contributed by atoms with Crippen LogP contribution in [0.5, 0.6) is 0 Å². The summed E-state index contributed by atoms with van der Waals surface area (Å²) in [5, 5.41) is 9.87. The summed E-state index contributed by atoms with van der Waals surface area (Å²) in [5.41, 5.74) is 9.88. The van der Waals surface area contributed by atoms with Crippen molar-refractivity contribution in [2.45, 2.75) is 0 Å². The number of anilines is 3. The van der Waals surface area contributed by atoms with Crippen molar-refractivity contribution >= 4 is 76.9 Å². The van der Waals surface area contributed by atoms with Crippen LogP contribution in [0, 0.1) is 6.57 Å². The lowest BCUT2D eigenvalue weighted by atomic mass is 9.93. The van der Waals surface area contributed by atoms with Gasteiger partial charge in [0.05, 0.1) is 23.3 Å². The fraction of sp³-hybridized carbons (Fsp3) is 0. The van der Waals surface area contributed by atoms with Gasteiger partial charge in [0.1, 0.15) is 0 Å². The Hall–Kier alpha value is -6.89. The van der Waals surface area contributed by atoms with Gasteiger partial charge in [-0.15, -0.1) is 0 Å². The van der Waals surface area contributed by atoms with E-state index in [2.05, 4.69) is 166 Å². The van der Waals surface area contributed by atoms with Gasteiger partial charge in [-0.25, -0.2) is 4.85 Å². The number of fused-ring (bicyclic) bond motifs is 2. The summed E-state index contributed by atoms with van der Waals surface area (Å²) in [5.74, 6) is 0. The molecule has 10 aromatic rings. The minimum Gasteiger partial charge on any atom is -0.310 e. The predicted molar refractivity (Wildman–Crippen MR) is 211 cm³/mol. The first-order valence-corrected chi connectivity index (χ1v) is 16.9. The molecule has 0 aliphatic carbocycles. The summed E-state index contributed by atoms with van der Waals surface area (Å²) >= 11 is 0. The van der Waals surface area contributed by atoms with Crippen LogP contribution in [-0.2, 0) is 0 Å². The third-order valence-corrected chi connectivity index (χ3v) is 10.1. The smallest absolute Gasteiger partial charge is 0.187 e. The first-order chi connectivity index (χ1) is 24.7. The number of para-hydroxylation sites is 1. The summed E-state index contributed by atoms with van der Waals surface area (Å²) in [6.07, 6.45) is 0. The van der Waals surface area contributed by atoms with Crippen molar-refractivity contribution in [2.75, 3.05) is 4.90 Å². The third-order valence-electron chi connectivity index (χ3n) is 10.1. The quantitative estimate of drug-likeness (QED) is 0.135. The molecule has 0 fully saturated rings. The van der Waals surface area contributed by atoms with E-state index in [0.717, 1.165) is 17.1 Å². The molecule has 0 unspecified atom stereocenters. The molecule has 0 spiro atoms. The molecule has 10 rings (SSSR count). The van der Waals surface area contributed by atoms with Gasteiger partial charge in [-0.3, -0.25) is 0 Å². The van der Waals surface area contributed by atoms with Crippen molar-refractivity contribution in [3.8, 4) is 16.8 Å². The zero-order valence-corrected chi connectivity index (χ0v) is 27.1. The maximum Gasteiger partial charge on any atom is 0.187 e. The standard InChI is InChI=1S/C47H29N3/c1-48-36-21-24-38(25-22-36)49(43-15-7-10-31-9-5-6-14-41(31)43)39-23-19-33-29-35(18-17-34(33)30-39)40-27-28-45-47-42(40)26-20-32-11-8-16-44(46(32)47)50(45)37-12-3-2-4-13-37/h2-30H. The molecule has 1 aromatic heterocycles. The van der Waals surface area contributed by atoms with Gasteiger partial charge in [-0.05, 0) is 98.7 Å². The van der Waals surface area contributed by atoms with Gasteiger partial charge in [0, 0.05) is 33.2 Å². The number of hydrogen-bond donors (Lipinski definition) is 0. The molecule has 0 N–H and O–H groups in total. The van der Waals surface area contributed by atoms with E-state index in [1.165, 1.54) is 70.9 Å². The maximum atomic E-state index is 7.47. The van der Waals surface area contributed by atoms with Crippen molar-refractivity contribution in [3.63, 3.8) is 0 Å². The van der Waals surface area contributed by atoms with Crippen LogP contribution in [0.3, 0.4) is 0 Å². The Labute approximate surface area is 289 Å². The highest BCUT2D eigenvalue weighted by atomic mass is 15.1. The first-order valence-electron chi connectivity index (χ1n) is 16.9. The molecule has 3 nitrogen and oxygen atoms in total. The molecule has 0 radical (unpaired) electrons. The summed E-state index contributed by atoms with van der Waals surface area (Å²) in [7, 11) is 0. The van der Waals surface area contributed by atoms with Gasteiger partial charge in [0.25, 0.3) is 0 Å². The molecule has 0 saturated carbocycles. The largest absolute Gasteiger partial charge is 0.310 e. The Morgan fingerprint density at radius 1 is 0.460 bits per heavy atom. The Bertz CT molecular complexity index is 2920. The topological polar surface area (TPSA) is 12.5 Å². The van der Waals surface area contributed by atoms with Crippen molar-refractivity contribution in [3.05, 3.63) is 187 Å². The number of rotatable bonds is 5. The first kappa shape index (κ1) is 28.2. The molecule has 0 bridgehead atoms. The minimum absolute atomic E-state index is 0.630. The highest BCUT2D eigenvalue weighted by Gasteiger charge is 2.20. The van der Waals surface area contributed by atoms with Gasteiger partial charge >= 0.3 is 0 Å². The second-order valence-corrected chi connectivity index (χ2v) is 12.9. The molecule has 0 saturated heterocycles. The predicted octanol–water partition coefficient (Wildman–Crippen LogP) is 13.4. The number of nitrogens with zero attached hydrogens (tertiary/aromatic N) is 3. The Morgan fingerprint density at radius 3 is 2.04 bits per heavy atom. The molecule has 9 aromatic carbocycles. The summed E-state index contributed by atoms with van der Waals surface area (Å²) in [6.45, 7) is 7.47. The van der Waals surface area contributed by atoms with E-state index >= 15 is 0 Å². The van der Waals surface area contributed by atoms with Crippen molar-refractivity contribution in [1.29, 1.82) is 0 Å². The highest BCUT2D eigenvalue weighted by Crippen LogP contribution is 2.44. The molecule has 232 valence electrons. The monoisotopic (exact) mass is 635 g/mol. The van der Waals surface area contributed by atoms with E-state index in [9.17, 15) is 0 Å². The van der Waals surface area contributed by atoms with Crippen LogP contribution in [0.1, 0.15) is 0 Å². The number of hydrogen-bond acceptors (Lipinski definition) is 1. The third kappa shape index (κ3) is 4.29. The van der Waals surface area contributed by atoms with E-state index in [0.29, 0.717) is 5.69 Å². The van der Waals surface area contributed by atoms with Crippen LogP contribution in [0.15, 0.2) is 176 Å². The van der Waals surface area contributed by atoms with Crippen LogP contribution in [0.2, 0.25) is 0 Å². The van der Waals surface area contributed by atoms with Crippen molar-refractivity contribution in [2.24, 2.45) is 0 Å². The van der Waals surface area contributed by atoms with Crippen LogP contribution in [-0.4, -0.2) is 4.57 Å². The SMILES string of the molecule is [C-]#[N+]c1ccc(N(c2ccc3cc(-c4ccc5c6c4ccc4cccc(c46)n5-c4ccccc4)ccc3c2)c2cccc3ccccc23)cc1. The van der Waals surface area contributed by atoms with Crippen molar-refractivity contribution in [1.82, 2.24) is 4.57 Å². The van der Waals surface area contributed by atoms with E-state index in [1.54, 1.807) is 0 Å². The molecular weight excluding hydrogens is 607 g/mol. The molecule has 0 aliphatic heterocycles. The zero-order valence-electron chi connectivity index (χ0n) is 27.1. The molecular formula is C47H29N3. The molecule has 1 heterocycles. The number of aromatic nitrogens is 1. The van der Waals surface area contributed by atoms with E-state index < -0.39 is 0 Å². The van der Waals surface area contributed by atoms with E-state index in [1.807, 2.05) is 24.3 Å². The minimum atomic E-state index is 0.630. The zero-order chi connectivity index (χ0) is 33.2. The fourth-order valence-electron chi connectivity index (χ4n) is 7.84. The molecule has 3 heteroatoms. The Kier molecular flexibility index (Phi) is 6.24. The van der Waals surface area contributed by atoms with Gasteiger partial charge in [0.15, 0.2) is 5.69 Å².